The Balaban J connectivity index is 2.01. The van der Waals surface area contributed by atoms with Gasteiger partial charge in [-0.1, -0.05) is 0 Å². The van der Waals surface area contributed by atoms with Crippen molar-refractivity contribution >= 4 is 15.9 Å². The summed E-state index contributed by atoms with van der Waals surface area (Å²) in [6, 6.07) is 6.03. The third-order valence-electron chi connectivity index (χ3n) is 2.23. The van der Waals surface area contributed by atoms with Gasteiger partial charge in [-0.3, -0.25) is 0 Å². The quantitative estimate of drug-likeness (QED) is 0.860. The van der Waals surface area contributed by atoms with Crippen LogP contribution in [0.15, 0.2) is 16.6 Å². The lowest BCUT2D eigenvalue weighted by Crippen LogP contribution is -2.14. The van der Waals surface area contributed by atoms with Gasteiger partial charge in [0.2, 0.25) is 6.79 Å². The van der Waals surface area contributed by atoms with E-state index in [-0.39, 0.29) is 6.79 Å². The second-order valence-corrected chi connectivity index (χ2v) is 4.25. The normalized spacial score (nSPS) is 12.5. The fourth-order valence-corrected chi connectivity index (χ4v) is 2.10. The van der Waals surface area contributed by atoms with Gasteiger partial charge in [-0.2, -0.15) is 5.26 Å². The molecule has 1 aliphatic rings. The van der Waals surface area contributed by atoms with Crippen LogP contribution < -0.4 is 14.8 Å². The summed E-state index contributed by atoms with van der Waals surface area (Å²) in [5.74, 6) is 1.53. The summed E-state index contributed by atoms with van der Waals surface area (Å²) in [6.07, 6.45) is 0.520. The van der Waals surface area contributed by atoms with Crippen molar-refractivity contribution in [3.63, 3.8) is 0 Å². The molecular weight excluding hydrogens is 272 g/mol. The largest absolute Gasteiger partial charge is 0.454 e. The van der Waals surface area contributed by atoms with Crippen LogP contribution in [0, 0.1) is 11.3 Å². The first-order valence-corrected chi connectivity index (χ1v) is 5.76. The third kappa shape index (κ3) is 2.46. The molecular formula is C11H11BrN2O2. The van der Waals surface area contributed by atoms with E-state index in [4.69, 9.17) is 14.7 Å². The third-order valence-corrected chi connectivity index (χ3v) is 2.82. The Bertz CT molecular complexity index is 429. The fraction of sp³-hybridized carbons (Fsp3) is 0.364. The van der Waals surface area contributed by atoms with Crippen LogP contribution in [0.4, 0.5) is 0 Å². The zero-order chi connectivity index (χ0) is 11.4. The number of rotatable bonds is 4. The van der Waals surface area contributed by atoms with Crippen molar-refractivity contribution in [1.29, 1.82) is 5.26 Å². The Hall–Kier alpha value is -1.25. The number of nitriles is 1. The van der Waals surface area contributed by atoms with E-state index < -0.39 is 0 Å². The average molecular weight is 283 g/mol. The molecule has 0 saturated carbocycles. The molecule has 0 atom stereocenters. The maximum absolute atomic E-state index is 8.40. The van der Waals surface area contributed by atoms with E-state index in [1.54, 1.807) is 0 Å². The monoisotopic (exact) mass is 282 g/mol. The van der Waals surface area contributed by atoms with Crippen LogP contribution in [0.1, 0.15) is 12.0 Å². The molecule has 0 saturated heterocycles. The van der Waals surface area contributed by atoms with Crippen LogP contribution in [-0.2, 0) is 6.54 Å². The molecule has 4 nitrogen and oxygen atoms in total. The SMILES string of the molecule is N#CCCNCc1cc(Br)c2c(c1)OCO2. The van der Waals surface area contributed by atoms with Crippen molar-refractivity contribution in [1.82, 2.24) is 5.32 Å². The summed E-state index contributed by atoms with van der Waals surface area (Å²) in [5, 5.41) is 11.6. The van der Waals surface area contributed by atoms with E-state index in [1.165, 1.54) is 0 Å². The van der Waals surface area contributed by atoms with Gasteiger partial charge in [0, 0.05) is 19.5 Å². The predicted octanol–water partition coefficient (Wildman–Crippen LogP) is 2.18. The summed E-state index contributed by atoms with van der Waals surface area (Å²) in [4.78, 5) is 0. The maximum Gasteiger partial charge on any atom is 0.231 e. The summed E-state index contributed by atoms with van der Waals surface area (Å²) < 4.78 is 11.5. The maximum atomic E-state index is 8.40. The lowest BCUT2D eigenvalue weighted by molar-refractivity contribution is 0.173. The van der Waals surface area contributed by atoms with Crippen LogP contribution in [0.5, 0.6) is 11.5 Å². The van der Waals surface area contributed by atoms with Gasteiger partial charge in [0.1, 0.15) is 0 Å². The molecule has 0 spiro atoms. The molecule has 0 aliphatic carbocycles. The van der Waals surface area contributed by atoms with Gasteiger partial charge in [0.25, 0.3) is 0 Å². The van der Waals surface area contributed by atoms with Crippen molar-refractivity contribution < 1.29 is 9.47 Å². The first kappa shape index (κ1) is 11.2. The molecule has 1 aromatic carbocycles. The summed E-state index contributed by atoms with van der Waals surface area (Å²) in [5.41, 5.74) is 1.11. The van der Waals surface area contributed by atoms with Gasteiger partial charge in [0.05, 0.1) is 10.5 Å². The molecule has 84 valence electrons. The molecule has 0 aromatic heterocycles. The molecule has 0 amide bonds. The minimum atomic E-state index is 0.277. The van der Waals surface area contributed by atoms with Crippen LogP contribution in [0.3, 0.4) is 0 Å². The number of ether oxygens (including phenoxy) is 2. The van der Waals surface area contributed by atoms with Gasteiger partial charge >= 0.3 is 0 Å². The van der Waals surface area contributed by atoms with Gasteiger partial charge in [-0.25, -0.2) is 0 Å². The Morgan fingerprint density at radius 1 is 1.44 bits per heavy atom. The van der Waals surface area contributed by atoms with Crippen molar-refractivity contribution in [3.05, 3.63) is 22.2 Å². The summed E-state index contributed by atoms with van der Waals surface area (Å²) in [6.45, 7) is 1.69. The Kier molecular flexibility index (Phi) is 3.65. The second kappa shape index (κ2) is 5.19. The number of nitrogens with zero attached hydrogens (tertiary/aromatic N) is 1. The molecule has 1 heterocycles. The molecule has 0 unspecified atom stereocenters. The summed E-state index contributed by atoms with van der Waals surface area (Å²) in [7, 11) is 0. The number of benzene rings is 1. The first-order chi connectivity index (χ1) is 7.81. The highest BCUT2D eigenvalue weighted by Crippen LogP contribution is 2.39. The number of hydrogen-bond acceptors (Lipinski definition) is 4. The lowest BCUT2D eigenvalue weighted by Gasteiger charge is -2.05. The van der Waals surface area contributed by atoms with Crippen LogP contribution in [-0.4, -0.2) is 13.3 Å². The summed E-state index contributed by atoms with van der Waals surface area (Å²) >= 11 is 3.44. The van der Waals surface area contributed by atoms with Gasteiger partial charge in [-0.15, -0.1) is 0 Å². The van der Waals surface area contributed by atoms with Gasteiger partial charge in [-0.05, 0) is 33.6 Å². The highest BCUT2D eigenvalue weighted by Gasteiger charge is 2.17. The molecule has 0 bridgehead atoms. The minimum Gasteiger partial charge on any atom is -0.454 e. The molecule has 0 fully saturated rings. The van der Waals surface area contributed by atoms with Crippen molar-refractivity contribution in [2.24, 2.45) is 0 Å². The van der Waals surface area contributed by atoms with Gasteiger partial charge in [0.15, 0.2) is 11.5 Å². The van der Waals surface area contributed by atoms with E-state index in [0.717, 1.165) is 28.1 Å². The Morgan fingerprint density at radius 2 is 2.31 bits per heavy atom. The van der Waals surface area contributed by atoms with Crippen LogP contribution in [0.2, 0.25) is 0 Å². The Labute approximate surface area is 102 Å². The average Bonchev–Trinajstić information content (AvgIpc) is 2.73. The second-order valence-electron chi connectivity index (χ2n) is 3.40. The van der Waals surface area contributed by atoms with Crippen molar-refractivity contribution in [2.75, 3.05) is 13.3 Å². The standard InChI is InChI=1S/C11H11BrN2O2/c12-9-4-8(6-14-3-1-2-13)5-10-11(9)16-7-15-10/h4-5,14H,1,3,6-7H2. The van der Waals surface area contributed by atoms with E-state index >= 15 is 0 Å². The van der Waals surface area contributed by atoms with E-state index in [1.807, 2.05) is 12.1 Å². The first-order valence-electron chi connectivity index (χ1n) is 4.97. The van der Waals surface area contributed by atoms with Crippen LogP contribution >= 0.6 is 15.9 Å². The molecule has 0 radical (unpaired) electrons. The van der Waals surface area contributed by atoms with E-state index in [0.29, 0.717) is 13.0 Å². The van der Waals surface area contributed by atoms with Crippen LogP contribution in [0.25, 0.3) is 0 Å². The number of hydrogen-bond donors (Lipinski definition) is 1. The predicted molar refractivity (Wildman–Crippen MR) is 62.2 cm³/mol. The zero-order valence-corrected chi connectivity index (χ0v) is 10.2. The van der Waals surface area contributed by atoms with Gasteiger partial charge < -0.3 is 14.8 Å². The molecule has 2 rings (SSSR count). The topological polar surface area (TPSA) is 54.3 Å². The zero-order valence-electron chi connectivity index (χ0n) is 8.62. The Morgan fingerprint density at radius 3 is 3.12 bits per heavy atom. The van der Waals surface area contributed by atoms with E-state index in [2.05, 4.69) is 27.3 Å². The highest BCUT2D eigenvalue weighted by atomic mass is 79.9. The molecule has 1 N–H and O–H groups in total. The lowest BCUT2D eigenvalue weighted by atomic mass is 10.2. The fourth-order valence-electron chi connectivity index (χ4n) is 1.50. The molecule has 1 aliphatic heterocycles. The van der Waals surface area contributed by atoms with E-state index in [9.17, 15) is 0 Å². The van der Waals surface area contributed by atoms with Crippen molar-refractivity contribution in [2.45, 2.75) is 13.0 Å². The molecule has 16 heavy (non-hydrogen) atoms. The minimum absolute atomic E-state index is 0.277. The number of nitrogens with one attached hydrogen (secondary N) is 1. The smallest absolute Gasteiger partial charge is 0.231 e. The number of halogens is 1. The molecule has 5 heteroatoms. The number of fused-ring (bicyclic) bond motifs is 1. The highest BCUT2D eigenvalue weighted by molar-refractivity contribution is 9.10. The molecule has 1 aromatic rings. The van der Waals surface area contributed by atoms with Crippen molar-refractivity contribution in [3.8, 4) is 17.6 Å².